The second-order valence-electron chi connectivity index (χ2n) is 3.81. The molecular formula is C12H15NO6. The van der Waals surface area contributed by atoms with E-state index in [1.165, 1.54) is 27.0 Å². The largest absolute Gasteiger partial charge is 0.474 e. The molecule has 0 unspecified atom stereocenters. The first kappa shape index (κ1) is 14.7. The fraction of sp³-hybridized carbons (Fsp3) is 0.417. The standard InChI is InChI=1S/C12H15NO6/c1-7(14)12-11(6-18-9(3)15)10(5-19-12)4-17-8(2)13-16/h5,16H,4,6H2,1-3H3. The van der Waals surface area contributed by atoms with Gasteiger partial charge in [-0.25, -0.2) is 0 Å². The summed E-state index contributed by atoms with van der Waals surface area (Å²) in [5.41, 5.74) is 1.00. The average Bonchev–Trinajstić information content (AvgIpc) is 2.76. The molecule has 0 bridgehead atoms. The summed E-state index contributed by atoms with van der Waals surface area (Å²) in [4.78, 5) is 22.2. The van der Waals surface area contributed by atoms with E-state index in [2.05, 4.69) is 5.16 Å². The highest BCUT2D eigenvalue weighted by atomic mass is 16.5. The lowest BCUT2D eigenvalue weighted by Crippen LogP contribution is -2.06. The summed E-state index contributed by atoms with van der Waals surface area (Å²) in [6, 6.07) is 0. The van der Waals surface area contributed by atoms with E-state index >= 15 is 0 Å². The van der Waals surface area contributed by atoms with Crippen molar-refractivity contribution >= 4 is 17.7 Å². The maximum Gasteiger partial charge on any atom is 0.302 e. The normalized spacial score (nSPS) is 11.2. The van der Waals surface area contributed by atoms with Crippen LogP contribution in [-0.4, -0.2) is 22.9 Å². The zero-order chi connectivity index (χ0) is 14.4. The first-order valence-corrected chi connectivity index (χ1v) is 5.50. The summed E-state index contributed by atoms with van der Waals surface area (Å²) < 4.78 is 15.1. The molecule has 7 heteroatoms. The number of Topliss-reactive ketones (excluding diaryl/α,β-unsaturated/α-hetero) is 1. The average molecular weight is 269 g/mol. The van der Waals surface area contributed by atoms with E-state index in [9.17, 15) is 9.59 Å². The van der Waals surface area contributed by atoms with Crippen LogP contribution in [0.5, 0.6) is 0 Å². The summed E-state index contributed by atoms with van der Waals surface area (Å²) in [7, 11) is 0. The summed E-state index contributed by atoms with van der Waals surface area (Å²) >= 11 is 0. The van der Waals surface area contributed by atoms with Crippen LogP contribution in [0.15, 0.2) is 15.8 Å². The van der Waals surface area contributed by atoms with Crippen molar-refractivity contribution in [1.29, 1.82) is 0 Å². The van der Waals surface area contributed by atoms with Gasteiger partial charge < -0.3 is 19.1 Å². The van der Waals surface area contributed by atoms with Crippen LogP contribution >= 0.6 is 0 Å². The monoisotopic (exact) mass is 269 g/mol. The second kappa shape index (κ2) is 6.58. The molecule has 1 rings (SSSR count). The van der Waals surface area contributed by atoms with Crippen LogP contribution in [0, 0.1) is 0 Å². The Labute approximate surface area is 109 Å². The van der Waals surface area contributed by atoms with Gasteiger partial charge in [0.05, 0.1) is 6.26 Å². The molecule has 0 fully saturated rings. The van der Waals surface area contributed by atoms with Crippen LogP contribution in [0.25, 0.3) is 0 Å². The Morgan fingerprint density at radius 2 is 1.95 bits per heavy atom. The van der Waals surface area contributed by atoms with Gasteiger partial charge in [0.2, 0.25) is 5.90 Å². The Hall–Kier alpha value is -2.31. The van der Waals surface area contributed by atoms with Crippen LogP contribution in [-0.2, 0) is 27.5 Å². The number of carbonyl (C=O) groups excluding carboxylic acids is 2. The number of ether oxygens (including phenoxy) is 2. The topological polar surface area (TPSA) is 98.3 Å². The third-order valence-electron chi connectivity index (χ3n) is 2.30. The first-order chi connectivity index (χ1) is 8.95. The molecular weight excluding hydrogens is 254 g/mol. The minimum absolute atomic E-state index is 0.0449. The van der Waals surface area contributed by atoms with Crippen LogP contribution < -0.4 is 0 Å². The van der Waals surface area contributed by atoms with Crippen molar-refractivity contribution < 1.29 is 28.7 Å². The third-order valence-corrected chi connectivity index (χ3v) is 2.30. The van der Waals surface area contributed by atoms with E-state index in [-0.39, 0.29) is 30.7 Å². The lowest BCUT2D eigenvalue weighted by Gasteiger charge is -2.06. The van der Waals surface area contributed by atoms with Gasteiger partial charge in [-0.1, -0.05) is 5.16 Å². The van der Waals surface area contributed by atoms with Gasteiger partial charge in [-0.2, -0.15) is 0 Å². The highest BCUT2D eigenvalue weighted by Gasteiger charge is 2.18. The molecule has 0 aliphatic carbocycles. The molecule has 0 aromatic carbocycles. The molecule has 1 aromatic rings. The van der Waals surface area contributed by atoms with E-state index in [0.29, 0.717) is 11.1 Å². The second-order valence-corrected chi connectivity index (χ2v) is 3.81. The third kappa shape index (κ3) is 4.13. The summed E-state index contributed by atoms with van der Waals surface area (Å²) in [6.45, 7) is 4.06. The van der Waals surface area contributed by atoms with Gasteiger partial charge >= 0.3 is 5.97 Å². The maximum atomic E-state index is 11.4. The molecule has 0 atom stereocenters. The van der Waals surface area contributed by atoms with Crippen molar-refractivity contribution in [2.75, 3.05) is 0 Å². The van der Waals surface area contributed by atoms with Gasteiger partial charge in [0.25, 0.3) is 0 Å². The van der Waals surface area contributed by atoms with E-state index in [1.807, 2.05) is 0 Å². The highest BCUT2D eigenvalue weighted by Crippen LogP contribution is 2.20. The van der Waals surface area contributed by atoms with Crippen molar-refractivity contribution in [1.82, 2.24) is 0 Å². The molecule has 0 saturated heterocycles. The van der Waals surface area contributed by atoms with Crippen molar-refractivity contribution in [2.45, 2.75) is 34.0 Å². The number of rotatable bonds is 5. The number of carbonyl (C=O) groups is 2. The molecule has 104 valence electrons. The molecule has 0 amide bonds. The number of oxime groups is 1. The van der Waals surface area contributed by atoms with Gasteiger partial charge in [0.1, 0.15) is 13.2 Å². The van der Waals surface area contributed by atoms with Gasteiger partial charge in [-0.05, 0) is 0 Å². The Morgan fingerprint density at radius 3 is 2.47 bits per heavy atom. The minimum atomic E-state index is -0.462. The number of esters is 1. The van der Waals surface area contributed by atoms with Gasteiger partial charge in [0, 0.05) is 31.9 Å². The molecule has 0 saturated carbocycles. The van der Waals surface area contributed by atoms with Crippen molar-refractivity contribution in [3.8, 4) is 0 Å². The van der Waals surface area contributed by atoms with Gasteiger partial charge in [0.15, 0.2) is 11.5 Å². The Bertz CT molecular complexity index is 502. The lowest BCUT2D eigenvalue weighted by atomic mass is 10.1. The fourth-order valence-corrected chi connectivity index (χ4v) is 1.38. The Morgan fingerprint density at radius 1 is 1.26 bits per heavy atom. The van der Waals surface area contributed by atoms with Gasteiger partial charge in [-0.15, -0.1) is 0 Å². The maximum absolute atomic E-state index is 11.4. The molecule has 1 N–H and O–H groups in total. The molecule has 0 aliphatic rings. The highest BCUT2D eigenvalue weighted by molar-refractivity contribution is 5.93. The number of nitrogens with zero attached hydrogens (tertiary/aromatic N) is 1. The summed E-state index contributed by atoms with van der Waals surface area (Å²) in [6.07, 6.45) is 1.35. The first-order valence-electron chi connectivity index (χ1n) is 5.50. The number of ketones is 1. The smallest absolute Gasteiger partial charge is 0.302 e. The van der Waals surface area contributed by atoms with Gasteiger partial charge in [-0.3, -0.25) is 9.59 Å². The Kier molecular flexibility index (Phi) is 5.11. The predicted molar refractivity (Wildman–Crippen MR) is 63.9 cm³/mol. The fourth-order valence-electron chi connectivity index (χ4n) is 1.38. The molecule has 0 spiro atoms. The van der Waals surface area contributed by atoms with E-state index in [1.54, 1.807) is 0 Å². The zero-order valence-corrected chi connectivity index (χ0v) is 10.9. The number of hydrogen-bond donors (Lipinski definition) is 1. The minimum Gasteiger partial charge on any atom is -0.474 e. The van der Waals surface area contributed by atoms with E-state index in [4.69, 9.17) is 19.1 Å². The Balaban J connectivity index is 2.90. The van der Waals surface area contributed by atoms with Crippen molar-refractivity contribution in [3.05, 3.63) is 23.2 Å². The SMILES string of the molecule is CC(=O)OCc1c(COC(C)=NO)coc1C(C)=O. The molecule has 19 heavy (non-hydrogen) atoms. The van der Waals surface area contributed by atoms with E-state index in [0.717, 1.165) is 0 Å². The van der Waals surface area contributed by atoms with Crippen LogP contribution in [0.4, 0.5) is 0 Å². The molecule has 0 radical (unpaired) electrons. The molecule has 7 nitrogen and oxygen atoms in total. The quantitative estimate of drug-likeness (QED) is 0.219. The number of hydrogen-bond acceptors (Lipinski definition) is 7. The molecule has 0 aliphatic heterocycles. The van der Waals surface area contributed by atoms with Crippen LogP contribution in [0.1, 0.15) is 42.5 Å². The van der Waals surface area contributed by atoms with Crippen LogP contribution in [0.2, 0.25) is 0 Å². The molecule has 1 aromatic heterocycles. The number of furan rings is 1. The van der Waals surface area contributed by atoms with Crippen molar-refractivity contribution in [2.24, 2.45) is 5.16 Å². The lowest BCUT2D eigenvalue weighted by molar-refractivity contribution is -0.142. The summed E-state index contributed by atoms with van der Waals surface area (Å²) in [5.74, 6) is -0.543. The van der Waals surface area contributed by atoms with Crippen LogP contribution in [0.3, 0.4) is 0 Å². The molecule has 1 heterocycles. The zero-order valence-electron chi connectivity index (χ0n) is 10.9. The van der Waals surface area contributed by atoms with Crippen molar-refractivity contribution in [3.63, 3.8) is 0 Å². The van der Waals surface area contributed by atoms with E-state index < -0.39 is 5.97 Å². The predicted octanol–water partition coefficient (Wildman–Crippen LogP) is 1.87. The summed E-state index contributed by atoms with van der Waals surface area (Å²) in [5, 5.41) is 11.3.